The second-order valence-corrected chi connectivity index (χ2v) is 18.2. The van der Waals surface area contributed by atoms with Crippen molar-refractivity contribution in [2.75, 3.05) is 19.0 Å². The molecule has 4 unspecified atom stereocenters. The summed E-state index contributed by atoms with van der Waals surface area (Å²) in [6, 6.07) is 0. The van der Waals surface area contributed by atoms with Gasteiger partial charge in [-0.25, -0.2) is 0 Å². The van der Waals surface area contributed by atoms with Crippen LogP contribution < -0.4 is 0 Å². The number of ether oxygens (including phenoxy) is 2. The first kappa shape index (κ1) is 37.1. The van der Waals surface area contributed by atoms with Crippen molar-refractivity contribution in [2.24, 2.45) is 46.3 Å². The summed E-state index contributed by atoms with van der Waals surface area (Å²) in [5.74, 6) is 6.10. The number of allylic oxidation sites excluding steroid dienone is 1. The van der Waals surface area contributed by atoms with E-state index in [0.717, 1.165) is 80.0 Å². The zero-order valence-electron chi connectivity index (χ0n) is 29.7. The van der Waals surface area contributed by atoms with Gasteiger partial charge in [0.15, 0.2) is 0 Å². The van der Waals surface area contributed by atoms with Crippen molar-refractivity contribution in [1.82, 2.24) is 0 Å². The van der Waals surface area contributed by atoms with E-state index in [0.29, 0.717) is 16.9 Å². The summed E-state index contributed by atoms with van der Waals surface area (Å²) >= 11 is 1.45. The van der Waals surface area contributed by atoms with Gasteiger partial charge in [-0.05, 0) is 116 Å². The number of hydrogen-bond acceptors (Lipinski definition) is 7. The Morgan fingerprint density at radius 2 is 1.67 bits per heavy atom. The highest BCUT2D eigenvalue weighted by atomic mass is 32.2. The Bertz CT molecular complexity index is 988. The van der Waals surface area contributed by atoms with Crippen LogP contribution in [0, 0.1) is 46.3 Å². The lowest BCUT2D eigenvalue weighted by atomic mass is 9.47. The molecule has 0 amide bonds. The molecule has 1 saturated heterocycles. The van der Waals surface area contributed by atoms with Crippen LogP contribution in [-0.2, 0) is 9.47 Å². The van der Waals surface area contributed by atoms with E-state index in [1.807, 2.05) is 0 Å². The number of fused-ring (bicyclic) bond motifs is 5. The van der Waals surface area contributed by atoms with Crippen molar-refractivity contribution in [3.63, 3.8) is 0 Å². The summed E-state index contributed by atoms with van der Waals surface area (Å²) in [6.45, 7) is 13.1. The maximum Gasteiger partial charge on any atom is 0.132 e. The second-order valence-electron chi connectivity index (χ2n) is 17.0. The van der Waals surface area contributed by atoms with Crippen LogP contribution in [0.25, 0.3) is 0 Å². The lowest BCUT2D eigenvalue weighted by Gasteiger charge is -2.58. The van der Waals surface area contributed by atoms with Gasteiger partial charge in [0.1, 0.15) is 29.9 Å². The SMILES string of the molecule is CC(C)CCC[C@@H](C)C1CCC2C3CC=C4C[C@@H](OCCCCCCS[C@H]5O[C@H](CO)[C@@H](O)[C@H](O)[C@@H]5O)CC[C@]4(C)C3CC[C@@]21C. The fourth-order valence-electron chi connectivity index (χ4n) is 11.0. The monoisotopic (exact) mass is 664 g/mol. The van der Waals surface area contributed by atoms with Gasteiger partial charge in [0.05, 0.1) is 12.7 Å². The highest BCUT2D eigenvalue weighted by Crippen LogP contribution is 2.67. The van der Waals surface area contributed by atoms with Gasteiger partial charge >= 0.3 is 0 Å². The van der Waals surface area contributed by atoms with E-state index < -0.39 is 29.9 Å². The third-order valence-electron chi connectivity index (χ3n) is 13.8. The topological polar surface area (TPSA) is 99.4 Å². The molecule has 13 atom stereocenters. The molecule has 0 bridgehead atoms. The molecule has 1 aliphatic heterocycles. The quantitative estimate of drug-likeness (QED) is 0.106. The average Bonchev–Trinajstić information content (AvgIpc) is 3.39. The van der Waals surface area contributed by atoms with Gasteiger partial charge in [0.2, 0.25) is 0 Å². The molecule has 0 radical (unpaired) electrons. The van der Waals surface area contributed by atoms with E-state index in [-0.39, 0.29) is 6.61 Å². The first-order chi connectivity index (χ1) is 22.0. The van der Waals surface area contributed by atoms with Crippen LogP contribution in [0.4, 0.5) is 0 Å². The van der Waals surface area contributed by atoms with Crippen molar-refractivity contribution >= 4 is 11.8 Å². The fraction of sp³-hybridized carbons (Fsp3) is 0.949. The van der Waals surface area contributed by atoms with Crippen molar-refractivity contribution in [3.8, 4) is 0 Å². The minimum absolute atomic E-state index is 0.369. The smallest absolute Gasteiger partial charge is 0.132 e. The Labute approximate surface area is 284 Å². The molecule has 46 heavy (non-hydrogen) atoms. The lowest BCUT2D eigenvalue weighted by molar-refractivity contribution is -0.205. The van der Waals surface area contributed by atoms with E-state index in [1.54, 1.807) is 5.57 Å². The molecule has 0 spiro atoms. The number of aliphatic hydroxyl groups is 4. The predicted octanol–water partition coefficient (Wildman–Crippen LogP) is 7.51. The van der Waals surface area contributed by atoms with Gasteiger partial charge in [-0.3, -0.25) is 0 Å². The predicted molar refractivity (Wildman–Crippen MR) is 187 cm³/mol. The summed E-state index contributed by atoms with van der Waals surface area (Å²) in [4.78, 5) is 0. The zero-order chi connectivity index (χ0) is 33.1. The lowest BCUT2D eigenvalue weighted by Crippen LogP contribution is -2.57. The van der Waals surface area contributed by atoms with E-state index in [2.05, 4.69) is 40.7 Å². The maximum absolute atomic E-state index is 10.2. The summed E-state index contributed by atoms with van der Waals surface area (Å²) in [7, 11) is 0. The van der Waals surface area contributed by atoms with Gasteiger partial charge in [-0.2, -0.15) is 0 Å². The van der Waals surface area contributed by atoms with Gasteiger partial charge in [0.25, 0.3) is 0 Å². The summed E-state index contributed by atoms with van der Waals surface area (Å²) in [5.41, 5.74) is 2.03. The summed E-state index contributed by atoms with van der Waals surface area (Å²) in [6.07, 6.45) is 17.7. The molecule has 266 valence electrons. The number of hydrogen-bond donors (Lipinski definition) is 4. The molecule has 7 heteroatoms. The molecule has 4 aliphatic carbocycles. The highest BCUT2D eigenvalue weighted by Gasteiger charge is 2.59. The van der Waals surface area contributed by atoms with E-state index in [1.165, 1.54) is 76.0 Å². The van der Waals surface area contributed by atoms with Gasteiger partial charge in [-0.1, -0.05) is 78.4 Å². The molecule has 0 aromatic carbocycles. The molecule has 0 aromatic rings. The first-order valence-electron chi connectivity index (χ1n) is 19.2. The Morgan fingerprint density at radius 1 is 0.891 bits per heavy atom. The van der Waals surface area contributed by atoms with Crippen LogP contribution in [0.5, 0.6) is 0 Å². The van der Waals surface area contributed by atoms with E-state index in [4.69, 9.17) is 9.47 Å². The molecule has 4 fully saturated rings. The highest BCUT2D eigenvalue weighted by molar-refractivity contribution is 7.99. The van der Waals surface area contributed by atoms with Crippen molar-refractivity contribution in [3.05, 3.63) is 11.6 Å². The van der Waals surface area contributed by atoms with Gasteiger partial charge < -0.3 is 29.9 Å². The van der Waals surface area contributed by atoms with Crippen LogP contribution in [0.15, 0.2) is 11.6 Å². The molecular weight excluding hydrogens is 596 g/mol. The van der Waals surface area contributed by atoms with E-state index >= 15 is 0 Å². The molecule has 6 nitrogen and oxygen atoms in total. The number of unbranched alkanes of at least 4 members (excludes halogenated alkanes) is 3. The van der Waals surface area contributed by atoms with Crippen molar-refractivity contribution < 1.29 is 29.9 Å². The normalized spacial score (nSPS) is 43.1. The van der Waals surface area contributed by atoms with Crippen LogP contribution in [-0.4, -0.2) is 75.3 Å². The summed E-state index contributed by atoms with van der Waals surface area (Å²) < 4.78 is 12.1. The van der Waals surface area contributed by atoms with E-state index in [9.17, 15) is 20.4 Å². The van der Waals surface area contributed by atoms with Crippen LogP contribution >= 0.6 is 11.8 Å². The van der Waals surface area contributed by atoms with Crippen molar-refractivity contribution in [2.45, 2.75) is 167 Å². The van der Waals surface area contributed by atoms with Gasteiger partial charge in [-0.15, -0.1) is 11.8 Å². The maximum atomic E-state index is 10.2. The molecular formula is C39H68O6S. The van der Waals surface area contributed by atoms with Crippen molar-refractivity contribution in [1.29, 1.82) is 0 Å². The third-order valence-corrected chi connectivity index (χ3v) is 15.0. The fourth-order valence-corrected chi connectivity index (χ4v) is 12.2. The standard InChI is InChI=1S/C39H68O6S/c1-25(2)11-10-12-26(3)30-15-16-31-29-14-13-27-23-28(17-19-38(27,4)32(29)18-20-39(30,31)5)44-21-8-6-7-9-22-46-37-36(43)35(42)34(41)33(24-40)45-37/h13,25-26,28-37,40-43H,6-12,14-24H2,1-5H3/t26-,28+,29?,30?,31?,32?,33-,34-,35+,36+,37-,38+,39-/m1/s1. The molecule has 5 rings (SSSR count). The Kier molecular flexibility index (Phi) is 13.1. The molecule has 5 aliphatic rings. The number of aliphatic hydroxyl groups excluding tert-OH is 4. The molecule has 0 aromatic heterocycles. The number of rotatable bonds is 15. The van der Waals surface area contributed by atoms with Gasteiger partial charge in [0, 0.05) is 6.61 Å². The second kappa shape index (κ2) is 16.2. The first-order valence-corrected chi connectivity index (χ1v) is 20.3. The minimum atomic E-state index is -1.29. The molecule has 4 N–H and O–H groups in total. The third kappa shape index (κ3) is 7.92. The zero-order valence-corrected chi connectivity index (χ0v) is 30.6. The van der Waals surface area contributed by atoms with Crippen LogP contribution in [0.3, 0.4) is 0 Å². The average molecular weight is 665 g/mol. The van der Waals surface area contributed by atoms with Crippen LogP contribution in [0.2, 0.25) is 0 Å². The number of thioether (sulfide) groups is 1. The Morgan fingerprint density at radius 3 is 2.43 bits per heavy atom. The molecule has 3 saturated carbocycles. The van der Waals surface area contributed by atoms with Crippen LogP contribution in [0.1, 0.15) is 131 Å². The minimum Gasteiger partial charge on any atom is -0.394 e. The molecule has 1 heterocycles. The Balaban J connectivity index is 1.02. The largest absolute Gasteiger partial charge is 0.394 e. The Hall–Kier alpha value is -0.150. The summed E-state index contributed by atoms with van der Waals surface area (Å²) in [5, 5.41) is 39.5.